The Morgan fingerprint density at radius 1 is 1.00 bits per heavy atom. The molecule has 34 heavy (non-hydrogen) atoms. The van der Waals surface area contributed by atoms with Gasteiger partial charge in [0.05, 0.1) is 11.1 Å². The first-order chi connectivity index (χ1) is 16.7. The molecule has 2 aliphatic rings. The van der Waals surface area contributed by atoms with Gasteiger partial charge in [-0.3, -0.25) is 9.69 Å². The summed E-state index contributed by atoms with van der Waals surface area (Å²) in [6.07, 6.45) is 8.29. The summed E-state index contributed by atoms with van der Waals surface area (Å²) in [5.74, 6) is 0.00859. The summed E-state index contributed by atoms with van der Waals surface area (Å²) < 4.78 is 2.34. The molecule has 1 N–H and O–H groups in total. The Labute approximate surface area is 203 Å². The van der Waals surface area contributed by atoms with Gasteiger partial charge in [-0.2, -0.15) is 0 Å². The van der Waals surface area contributed by atoms with E-state index >= 15 is 0 Å². The highest BCUT2D eigenvalue weighted by Gasteiger charge is 2.28. The van der Waals surface area contributed by atoms with Gasteiger partial charge in [-0.15, -0.1) is 0 Å². The van der Waals surface area contributed by atoms with Gasteiger partial charge in [0.1, 0.15) is 0 Å². The van der Waals surface area contributed by atoms with Gasteiger partial charge in [-0.05, 0) is 49.9 Å². The summed E-state index contributed by atoms with van der Waals surface area (Å²) in [5.41, 5.74) is 4.45. The van der Waals surface area contributed by atoms with Crippen molar-refractivity contribution >= 4 is 16.8 Å². The van der Waals surface area contributed by atoms with E-state index in [9.17, 15) is 4.79 Å². The van der Waals surface area contributed by atoms with Crippen LogP contribution in [0.25, 0.3) is 10.9 Å². The second-order valence-corrected chi connectivity index (χ2v) is 9.91. The number of aryl methyl sites for hydroxylation is 2. The monoisotopic (exact) mass is 458 g/mol. The van der Waals surface area contributed by atoms with Crippen molar-refractivity contribution in [2.75, 3.05) is 32.7 Å². The maximum absolute atomic E-state index is 13.2. The average molecular weight is 459 g/mol. The van der Waals surface area contributed by atoms with Crippen molar-refractivity contribution in [2.24, 2.45) is 0 Å². The number of amides is 1. The number of fused-ring (bicyclic) bond motifs is 2. The summed E-state index contributed by atoms with van der Waals surface area (Å²) in [6, 6.07) is 17.3. The molecule has 0 saturated carbocycles. The molecule has 180 valence electrons. The molecule has 0 bridgehead atoms. The Morgan fingerprint density at radius 3 is 2.74 bits per heavy atom. The second-order valence-electron chi connectivity index (χ2n) is 9.91. The lowest BCUT2D eigenvalue weighted by Crippen LogP contribution is -2.54. The van der Waals surface area contributed by atoms with E-state index < -0.39 is 0 Å². The largest absolute Gasteiger partial charge is 0.348 e. The van der Waals surface area contributed by atoms with Crippen LogP contribution >= 0.6 is 0 Å². The number of hydrogen-bond donors (Lipinski definition) is 1. The minimum Gasteiger partial charge on any atom is -0.348 e. The van der Waals surface area contributed by atoms with Crippen molar-refractivity contribution in [3.63, 3.8) is 0 Å². The molecule has 2 aliphatic heterocycles. The topological polar surface area (TPSA) is 40.5 Å². The molecule has 2 fully saturated rings. The van der Waals surface area contributed by atoms with Gasteiger partial charge in [0.15, 0.2) is 0 Å². The molecule has 5 nitrogen and oxygen atoms in total. The fourth-order valence-corrected chi connectivity index (χ4v) is 5.84. The average Bonchev–Trinajstić information content (AvgIpc) is 3.27. The molecule has 5 rings (SSSR count). The van der Waals surface area contributed by atoms with Crippen LogP contribution in [0.4, 0.5) is 0 Å². The number of nitrogens with one attached hydrogen (secondary N) is 1. The highest BCUT2D eigenvalue weighted by atomic mass is 16.1. The van der Waals surface area contributed by atoms with Crippen molar-refractivity contribution in [1.82, 2.24) is 19.7 Å². The molecule has 5 heteroatoms. The number of piperazine rings is 1. The predicted octanol–water partition coefficient (Wildman–Crippen LogP) is 4.69. The Bertz CT molecular complexity index is 1110. The Morgan fingerprint density at radius 2 is 1.88 bits per heavy atom. The zero-order chi connectivity index (χ0) is 23.3. The number of para-hydroxylation sites is 1. The summed E-state index contributed by atoms with van der Waals surface area (Å²) in [5, 5.41) is 4.20. The zero-order valence-corrected chi connectivity index (χ0v) is 20.5. The maximum Gasteiger partial charge on any atom is 0.253 e. The second kappa shape index (κ2) is 10.7. The SMILES string of the molecule is CCc1cccc2c(C(=O)NCc3ccccc3)cn(CCCN3CCN4CCCCC4C3)c12. The van der Waals surface area contributed by atoms with E-state index in [0.717, 1.165) is 48.5 Å². The smallest absolute Gasteiger partial charge is 0.253 e. The third kappa shape index (κ3) is 5.06. The molecule has 1 amide bonds. The molecule has 0 radical (unpaired) electrons. The van der Waals surface area contributed by atoms with Crippen molar-refractivity contribution < 1.29 is 4.79 Å². The van der Waals surface area contributed by atoms with Crippen LogP contribution in [-0.2, 0) is 19.5 Å². The van der Waals surface area contributed by atoms with Gasteiger partial charge in [0.2, 0.25) is 0 Å². The van der Waals surface area contributed by atoms with E-state index in [1.54, 1.807) is 0 Å². The van der Waals surface area contributed by atoms with Crippen LogP contribution in [0.15, 0.2) is 54.7 Å². The molecular formula is C29H38N4O. The molecule has 1 unspecified atom stereocenters. The minimum absolute atomic E-state index is 0.00859. The van der Waals surface area contributed by atoms with E-state index in [4.69, 9.17) is 0 Å². The van der Waals surface area contributed by atoms with Crippen molar-refractivity contribution in [1.29, 1.82) is 0 Å². The summed E-state index contributed by atoms with van der Waals surface area (Å²) >= 11 is 0. The Kier molecular flexibility index (Phi) is 7.31. The number of hydrogen-bond acceptors (Lipinski definition) is 3. The lowest BCUT2D eigenvalue weighted by molar-refractivity contribution is 0.0484. The zero-order valence-electron chi connectivity index (χ0n) is 20.5. The number of nitrogens with zero attached hydrogens (tertiary/aromatic N) is 3. The standard InChI is InChI=1S/C29H38N4O/c1-2-24-12-8-14-26-27(29(34)30-20-23-10-4-3-5-11-23)22-33(28(24)26)17-9-15-31-18-19-32-16-7-6-13-25(32)21-31/h3-5,8,10-12,14,22,25H,2,6-7,9,13,15-21H2,1H3,(H,30,34). The summed E-state index contributed by atoms with van der Waals surface area (Å²) in [6.45, 7) is 9.76. The summed E-state index contributed by atoms with van der Waals surface area (Å²) in [7, 11) is 0. The van der Waals surface area contributed by atoms with Crippen molar-refractivity contribution in [3.8, 4) is 0 Å². The number of aromatic nitrogens is 1. The fourth-order valence-electron chi connectivity index (χ4n) is 5.84. The van der Waals surface area contributed by atoms with E-state index in [1.165, 1.54) is 56.5 Å². The Balaban J connectivity index is 1.27. The molecule has 3 aromatic rings. The molecule has 3 heterocycles. The van der Waals surface area contributed by atoms with Crippen LogP contribution in [0.2, 0.25) is 0 Å². The number of carbonyl (C=O) groups is 1. The molecule has 1 aromatic heterocycles. The lowest BCUT2D eigenvalue weighted by atomic mass is 9.99. The molecule has 2 aromatic carbocycles. The highest BCUT2D eigenvalue weighted by Crippen LogP contribution is 2.26. The third-order valence-corrected chi connectivity index (χ3v) is 7.70. The van der Waals surface area contributed by atoms with Crippen molar-refractivity contribution in [3.05, 3.63) is 71.4 Å². The van der Waals surface area contributed by atoms with Crippen LogP contribution in [0.5, 0.6) is 0 Å². The lowest BCUT2D eigenvalue weighted by Gasteiger charge is -2.44. The first-order valence-corrected chi connectivity index (χ1v) is 13.1. The third-order valence-electron chi connectivity index (χ3n) is 7.70. The first kappa shape index (κ1) is 23.1. The number of rotatable bonds is 8. The molecule has 0 aliphatic carbocycles. The Hall–Kier alpha value is -2.63. The first-order valence-electron chi connectivity index (χ1n) is 13.1. The molecule has 1 atom stereocenters. The van der Waals surface area contributed by atoms with Gasteiger partial charge in [-0.1, -0.05) is 61.9 Å². The maximum atomic E-state index is 13.2. The van der Waals surface area contributed by atoms with Crippen LogP contribution in [0.1, 0.15) is 54.1 Å². The van der Waals surface area contributed by atoms with Gasteiger partial charge < -0.3 is 14.8 Å². The highest BCUT2D eigenvalue weighted by molar-refractivity contribution is 6.07. The predicted molar refractivity (Wildman–Crippen MR) is 139 cm³/mol. The van der Waals surface area contributed by atoms with Gasteiger partial charge in [0, 0.05) is 50.3 Å². The fraction of sp³-hybridized carbons (Fsp3) is 0.483. The van der Waals surface area contributed by atoms with E-state index in [-0.39, 0.29) is 5.91 Å². The quantitative estimate of drug-likeness (QED) is 0.532. The van der Waals surface area contributed by atoms with Gasteiger partial charge in [0.25, 0.3) is 5.91 Å². The number of carbonyl (C=O) groups excluding carboxylic acids is 1. The van der Waals surface area contributed by atoms with Gasteiger partial charge >= 0.3 is 0 Å². The van der Waals surface area contributed by atoms with E-state index in [2.05, 4.69) is 51.0 Å². The molecule has 2 saturated heterocycles. The van der Waals surface area contributed by atoms with Crippen LogP contribution in [0, 0.1) is 0 Å². The van der Waals surface area contributed by atoms with E-state index in [0.29, 0.717) is 6.54 Å². The van der Waals surface area contributed by atoms with Gasteiger partial charge in [-0.25, -0.2) is 0 Å². The van der Waals surface area contributed by atoms with E-state index in [1.807, 2.05) is 30.3 Å². The minimum atomic E-state index is 0.00859. The van der Waals surface area contributed by atoms with Crippen LogP contribution in [0.3, 0.4) is 0 Å². The normalized spacial score (nSPS) is 19.3. The molecular weight excluding hydrogens is 420 g/mol. The van der Waals surface area contributed by atoms with Crippen LogP contribution in [-0.4, -0.2) is 59.0 Å². The van der Waals surface area contributed by atoms with Crippen LogP contribution < -0.4 is 5.32 Å². The summed E-state index contributed by atoms with van der Waals surface area (Å²) in [4.78, 5) is 18.5. The number of piperidine rings is 1. The number of benzene rings is 2. The van der Waals surface area contributed by atoms with Crippen molar-refractivity contribution in [2.45, 2.75) is 58.2 Å². The molecule has 0 spiro atoms.